The number of ether oxygens (including phenoxy) is 2. The molecule has 2 amide bonds. The van der Waals surface area contributed by atoms with Crippen LogP contribution in [0.4, 0.5) is 5.69 Å². The van der Waals surface area contributed by atoms with Crippen molar-refractivity contribution in [3.05, 3.63) is 84.4 Å². The Labute approximate surface area is 209 Å². The van der Waals surface area contributed by atoms with Gasteiger partial charge in [0.25, 0.3) is 5.91 Å². The first-order valence-corrected chi connectivity index (χ1v) is 12.1. The van der Waals surface area contributed by atoms with Crippen molar-refractivity contribution in [1.82, 2.24) is 5.32 Å². The molecule has 3 aromatic carbocycles. The fraction of sp³-hybridized carbons (Fsp3) is 0.222. The summed E-state index contributed by atoms with van der Waals surface area (Å²) in [4.78, 5) is 38.3. The smallest absolute Gasteiger partial charge is 0.340 e. The van der Waals surface area contributed by atoms with Crippen LogP contribution >= 0.6 is 11.8 Å². The second kappa shape index (κ2) is 13.3. The summed E-state index contributed by atoms with van der Waals surface area (Å²) >= 11 is 1.22. The van der Waals surface area contributed by atoms with Gasteiger partial charge in [0, 0.05) is 29.8 Å². The maximum atomic E-state index is 12.8. The molecule has 8 heteroatoms. The highest BCUT2D eigenvalue weighted by Crippen LogP contribution is 2.28. The highest BCUT2D eigenvalue weighted by Gasteiger charge is 2.22. The molecule has 2 N–H and O–H groups in total. The SMILES string of the molecule is COCCNC(=O)CSc1ccccc1C(=O)O[C@@H](C)C(=O)Nc1ccccc1-c1ccccc1. The van der Waals surface area contributed by atoms with Gasteiger partial charge in [-0.3, -0.25) is 9.59 Å². The fourth-order valence-electron chi connectivity index (χ4n) is 3.22. The Morgan fingerprint density at radius 2 is 1.60 bits per heavy atom. The van der Waals surface area contributed by atoms with Gasteiger partial charge in [-0.2, -0.15) is 0 Å². The number of anilines is 1. The average Bonchev–Trinajstić information content (AvgIpc) is 2.88. The van der Waals surface area contributed by atoms with Gasteiger partial charge in [-0.25, -0.2) is 4.79 Å². The van der Waals surface area contributed by atoms with Crippen LogP contribution in [0.25, 0.3) is 11.1 Å². The first-order valence-electron chi connectivity index (χ1n) is 11.1. The van der Waals surface area contributed by atoms with E-state index >= 15 is 0 Å². The minimum Gasteiger partial charge on any atom is -0.449 e. The standard InChI is InChI=1S/C27H28N2O5S/c1-19(26(31)29-23-14-8-6-12-21(23)20-10-4-3-5-11-20)34-27(32)22-13-7-9-15-24(22)35-18-25(30)28-16-17-33-2/h3-15,19H,16-18H2,1-2H3,(H,28,30)(H,29,31)/t19-/m0/s1. The zero-order valence-corrected chi connectivity index (χ0v) is 20.5. The number of esters is 1. The van der Waals surface area contributed by atoms with Crippen LogP contribution in [0, 0.1) is 0 Å². The summed E-state index contributed by atoms with van der Waals surface area (Å²) in [5.74, 6) is -1.10. The second-order valence-corrected chi connectivity index (χ2v) is 8.59. The number of para-hydroxylation sites is 1. The van der Waals surface area contributed by atoms with E-state index in [1.165, 1.54) is 18.7 Å². The number of rotatable bonds is 11. The predicted octanol–water partition coefficient (Wildman–Crippen LogP) is 4.39. The van der Waals surface area contributed by atoms with Crippen molar-refractivity contribution in [3.63, 3.8) is 0 Å². The lowest BCUT2D eigenvalue weighted by Crippen LogP contribution is -2.30. The van der Waals surface area contributed by atoms with Gasteiger partial charge in [0.1, 0.15) is 0 Å². The number of methoxy groups -OCH3 is 1. The van der Waals surface area contributed by atoms with Crippen molar-refractivity contribution in [1.29, 1.82) is 0 Å². The third-order valence-corrected chi connectivity index (χ3v) is 6.09. The molecule has 182 valence electrons. The fourth-order valence-corrected chi connectivity index (χ4v) is 4.09. The van der Waals surface area contributed by atoms with E-state index in [0.717, 1.165) is 11.1 Å². The number of thioether (sulfide) groups is 1. The number of hydrogen-bond acceptors (Lipinski definition) is 6. The van der Waals surface area contributed by atoms with Crippen LogP contribution in [0.1, 0.15) is 17.3 Å². The topological polar surface area (TPSA) is 93.7 Å². The lowest BCUT2D eigenvalue weighted by Gasteiger charge is -2.16. The molecular weight excluding hydrogens is 464 g/mol. The van der Waals surface area contributed by atoms with E-state index in [-0.39, 0.29) is 11.7 Å². The van der Waals surface area contributed by atoms with Crippen LogP contribution < -0.4 is 10.6 Å². The third-order valence-electron chi connectivity index (χ3n) is 5.02. The average molecular weight is 493 g/mol. The molecule has 0 aliphatic rings. The summed E-state index contributed by atoms with van der Waals surface area (Å²) in [7, 11) is 1.56. The van der Waals surface area contributed by atoms with Gasteiger partial charge in [0.05, 0.1) is 17.9 Å². The zero-order valence-electron chi connectivity index (χ0n) is 19.7. The summed E-state index contributed by atoms with van der Waals surface area (Å²) in [5.41, 5.74) is 2.75. The van der Waals surface area contributed by atoms with Crippen molar-refractivity contribution in [2.24, 2.45) is 0 Å². The van der Waals surface area contributed by atoms with Crippen molar-refractivity contribution >= 4 is 35.2 Å². The van der Waals surface area contributed by atoms with E-state index < -0.39 is 18.0 Å². The number of benzene rings is 3. The highest BCUT2D eigenvalue weighted by molar-refractivity contribution is 8.00. The lowest BCUT2D eigenvalue weighted by atomic mass is 10.0. The molecule has 1 atom stereocenters. The summed E-state index contributed by atoms with van der Waals surface area (Å²) < 4.78 is 10.4. The summed E-state index contributed by atoms with van der Waals surface area (Å²) in [6.07, 6.45) is -1.03. The normalized spacial score (nSPS) is 11.4. The van der Waals surface area contributed by atoms with Crippen LogP contribution in [0.2, 0.25) is 0 Å². The minimum absolute atomic E-state index is 0.139. The Bertz CT molecular complexity index is 1150. The largest absolute Gasteiger partial charge is 0.449 e. The van der Waals surface area contributed by atoms with Crippen molar-refractivity contribution in [3.8, 4) is 11.1 Å². The van der Waals surface area contributed by atoms with Gasteiger partial charge in [-0.1, -0.05) is 60.7 Å². The van der Waals surface area contributed by atoms with Gasteiger partial charge in [0.2, 0.25) is 5.91 Å². The summed E-state index contributed by atoms with van der Waals surface area (Å²) in [6.45, 7) is 2.37. The molecular formula is C27H28N2O5S. The lowest BCUT2D eigenvalue weighted by molar-refractivity contribution is -0.123. The molecule has 0 fully saturated rings. The Hall–Kier alpha value is -3.62. The van der Waals surface area contributed by atoms with E-state index in [0.29, 0.717) is 29.3 Å². The molecule has 0 spiro atoms. The van der Waals surface area contributed by atoms with Gasteiger partial charge >= 0.3 is 5.97 Å². The van der Waals surface area contributed by atoms with Gasteiger partial charge in [0.15, 0.2) is 6.10 Å². The minimum atomic E-state index is -1.03. The van der Waals surface area contributed by atoms with Crippen molar-refractivity contribution in [2.75, 3.05) is 31.3 Å². The van der Waals surface area contributed by atoms with Crippen molar-refractivity contribution in [2.45, 2.75) is 17.9 Å². The number of carbonyl (C=O) groups is 3. The molecule has 0 radical (unpaired) electrons. The third kappa shape index (κ3) is 7.70. The van der Waals surface area contributed by atoms with Gasteiger partial charge in [-0.15, -0.1) is 11.8 Å². The Morgan fingerprint density at radius 1 is 0.914 bits per heavy atom. The first-order chi connectivity index (χ1) is 17.0. The maximum Gasteiger partial charge on any atom is 0.340 e. The van der Waals surface area contributed by atoms with Gasteiger partial charge in [-0.05, 0) is 30.7 Å². The van der Waals surface area contributed by atoms with E-state index in [1.54, 1.807) is 37.4 Å². The molecule has 0 saturated heterocycles. The van der Waals surface area contributed by atoms with Crippen LogP contribution in [0.15, 0.2) is 83.8 Å². The molecule has 0 unspecified atom stereocenters. The molecule has 35 heavy (non-hydrogen) atoms. The molecule has 0 aromatic heterocycles. The van der Waals surface area contributed by atoms with E-state index in [4.69, 9.17) is 9.47 Å². The molecule has 0 aliphatic carbocycles. The molecule has 0 bridgehead atoms. The zero-order chi connectivity index (χ0) is 25.0. The molecule has 3 rings (SSSR count). The molecule has 3 aromatic rings. The second-order valence-electron chi connectivity index (χ2n) is 7.58. The Balaban J connectivity index is 1.62. The van der Waals surface area contributed by atoms with Crippen molar-refractivity contribution < 1.29 is 23.9 Å². The van der Waals surface area contributed by atoms with Crippen LogP contribution in [0.3, 0.4) is 0 Å². The first kappa shape index (κ1) is 26.0. The molecule has 0 heterocycles. The van der Waals surface area contributed by atoms with E-state index in [2.05, 4.69) is 10.6 Å². The number of nitrogens with one attached hydrogen (secondary N) is 2. The van der Waals surface area contributed by atoms with Crippen LogP contribution in [0.5, 0.6) is 0 Å². The molecule has 0 saturated carbocycles. The summed E-state index contributed by atoms with van der Waals surface area (Å²) in [5, 5.41) is 5.60. The summed E-state index contributed by atoms with van der Waals surface area (Å²) in [6, 6.07) is 24.0. The Kier molecular flexibility index (Phi) is 9.89. The predicted molar refractivity (Wildman–Crippen MR) is 137 cm³/mol. The quantitative estimate of drug-likeness (QED) is 0.234. The molecule has 7 nitrogen and oxygen atoms in total. The molecule has 0 aliphatic heterocycles. The van der Waals surface area contributed by atoms with Crippen LogP contribution in [-0.2, 0) is 19.1 Å². The number of carbonyl (C=O) groups excluding carboxylic acids is 3. The van der Waals surface area contributed by atoms with E-state index in [9.17, 15) is 14.4 Å². The Morgan fingerprint density at radius 3 is 2.37 bits per heavy atom. The van der Waals surface area contributed by atoms with E-state index in [1.807, 2.05) is 48.5 Å². The number of amides is 2. The number of hydrogen-bond donors (Lipinski definition) is 2. The highest BCUT2D eigenvalue weighted by atomic mass is 32.2. The van der Waals surface area contributed by atoms with Gasteiger partial charge < -0.3 is 20.1 Å². The van der Waals surface area contributed by atoms with Crippen LogP contribution in [-0.4, -0.2) is 49.9 Å². The monoisotopic (exact) mass is 492 g/mol. The maximum absolute atomic E-state index is 12.8.